The summed E-state index contributed by atoms with van der Waals surface area (Å²) >= 11 is 0. The molecule has 0 saturated carbocycles. The van der Waals surface area contributed by atoms with Gasteiger partial charge in [-0.1, -0.05) is 30.3 Å². The summed E-state index contributed by atoms with van der Waals surface area (Å²) in [6.07, 6.45) is 1.20. The Kier molecular flexibility index (Phi) is 6.17. The highest BCUT2D eigenvalue weighted by molar-refractivity contribution is 7.89. The molecule has 31 heavy (non-hydrogen) atoms. The Morgan fingerprint density at radius 2 is 1.61 bits per heavy atom. The summed E-state index contributed by atoms with van der Waals surface area (Å²) in [6.45, 7) is 1.29. The van der Waals surface area contributed by atoms with Crippen LogP contribution >= 0.6 is 0 Å². The highest BCUT2D eigenvalue weighted by Gasteiger charge is 2.42. The van der Waals surface area contributed by atoms with E-state index in [0.717, 1.165) is 17.7 Å². The van der Waals surface area contributed by atoms with Crippen LogP contribution in [0.1, 0.15) is 24.8 Å². The summed E-state index contributed by atoms with van der Waals surface area (Å²) in [7, 11) is -3.74. The lowest BCUT2D eigenvalue weighted by Crippen LogP contribution is -2.50. The van der Waals surface area contributed by atoms with E-state index < -0.39 is 21.9 Å². The van der Waals surface area contributed by atoms with E-state index in [-0.39, 0.29) is 35.7 Å². The zero-order chi connectivity index (χ0) is 22.0. The third-order valence-electron chi connectivity index (χ3n) is 5.82. The molecule has 2 aliphatic rings. The topological polar surface area (TPSA) is 86.8 Å². The number of benzene rings is 2. The van der Waals surface area contributed by atoms with E-state index in [1.807, 2.05) is 35.2 Å². The maximum Gasteiger partial charge on any atom is 0.247 e. The highest BCUT2D eigenvalue weighted by atomic mass is 32.2. The first kappa shape index (κ1) is 21.6. The number of nitrogens with one attached hydrogen (secondary N) is 1. The molecule has 2 fully saturated rings. The number of piperidine rings is 1. The second-order valence-corrected chi connectivity index (χ2v) is 9.62. The second-order valence-electron chi connectivity index (χ2n) is 7.91. The summed E-state index contributed by atoms with van der Waals surface area (Å²) in [5.41, 5.74) is 0.902. The summed E-state index contributed by atoms with van der Waals surface area (Å²) in [6, 6.07) is 13.3. The van der Waals surface area contributed by atoms with Gasteiger partial charge in [-0.2, -0.15) is 0 Å². The molecule has 4 rings (SSSR count). The number of likely N-dealkylation sites (tertiary alicyclic amines) is 2. The molecule has 2 aromatic carbocycles. The third kappa shape index (κ3) is 4.84. The number of carbonyl (C=O) groups excluding carboxylic acids is 2. The maximum absolute atomic E-state index is 13.1. The molecule has 9 heteroatoms. The molecule has 7 nitrogen and oxygen atoms in total. The molecule has 0 radical (unpaired) electrons. The van der Waals surface area contributed by atoms with Gasteiger partial charge in [0.2, 0.25) is 21.8 Å². The predicted molar refractivity (Wildman–Crippen MR) is 112 cm³/mol. The first-order valence-electron chi connectivity index (χ1n) is 10.2. The zero-order valence-corrected chi connectivity index (χ0v) is 17.7. The molecule has 0 spiro atoms. The van der Waals surface area contributed by atoms with Crippen molar-refractivity contribution in [3.63, 3.8) is 0 Å². The van der Waals surface area contributed by atoms with Crippen molar-refractivity contribution < 1.29 is 22.4 Å². The first-order valence-corrected chi connectivity index (χ1v) is 11.7. The van der Waals surface area contributed by atoms with Gasteiger partial charge in [-0.15, -0.1) is 0 Å². The number of hydrogen-bond donors (Lipinski definition) is 1. The molecule has 0 bridgehead atoms. The van der Waals surface area contributed by atoms with E-state index in [1.165, 1.54) is 17.0 Å². The number of imide groups is 1. The fourth-order valence-corrected chi connectivity index (χ4v) is 5.42. The highest BCUT2D eigenvalue weighted by Crippen LogP contribution is 2.25. The van der Waals surface area contributed by atoms with Crippen LogP contribution in [0.3, 0.4) is 0 Å². The lowest BCUT2D eigenvalue weighted by Gasteiger charge is -2.34. The van der Waals surface area contributed by atoms with Crippen LogP contribution in [0.4, 0.5) is 4.39 Å². The molecular formula is C22H24FN3O4S. The van der Waals surface area contributed by atoms with Crippen LogP contribution in [0.25, 0.3) is 0 Å². The molecule has 164 valence electrons. The SMILES string of the molecule is O=C1C[C@@H](N2CCC(NS(=O)(=O)c3ccc(F)cc3)CC2)C(=O)N1Cc1ccccc1. The van der Waals surface area contributed by atoms with Gasteiger partial charge >= 0.3 is 0 Å². The number of rotatable bonds is 6. The Labute approximate surface area is 180 Å². The van der Waals surface area contributed by atoms with Crippen LogP contribution in [0.15, 0.2) is 59.5 Å². The van der Waals surface area contributed by atoms with Crippen molar-refractivity contribution in [1.29, 1.82) is 0 Å². The summed E-state index contributed by atoms with van der Waals surface area (Å²) in [4.78, 5) is 28.6. The lowest BCUT2D eigenvalue weighted by molar-refractivity contribution is -0.140. The Balaban J connectivity index is 1.34. The lowest BCUT2D eigenvalue weighted by atomic mass is 10.0. The predicted octanol–water partition coefficient (Wildman–Crippen LogP) is 1.90. The molecular weight excluding hydrogens is 421 g/mol. The average Bonchev–Trinajstić information content (AvgIpc) is 3.03. The van der Waals surface area contributed by atoms with Gasteiger partial charge in [0.1, 0.15) is 5.82 Å². The zero-order valence-electron chi connectivity index (χ0n) is 16.9. The molecule has 2 aliphatic heterocycles. The van der Waals surface area contributed by atoms with Crippen molar-refractivity contribution in [3.05, 3.63) is 66.0 Å². The van der Waals surface area contributed by atoms with Gasteiger partial charge in [-0.25, -0.2) is 17.5 Å². The number of carbonyl (C=O) groups is 2. The Morgan fingerprint density at radius 3 is 2.26 bits per heavy atom. The van der Waals surface area contributed by atoms with Crippen LogP contribution in [0, 0.1) is 5.82 Å². The molecule has 2 amide bonds. The second kappa shape index (κ2) is 8.86. The largest absolute Gasteiger partial charge is 0.291 e. The van der Waals surface area contributed by atoms with E-state index in [1.54, 1.807) is 0 Å². The van der Waals surface area contributed by atoms with Crippen LogP contribution in [-0.2, 0) is 26.2 Å². The fourth-order valence-electron chi connectivity index (χ4n) is 4.11. The standard InChI is InChI=1S/C22H24FN3O4S/c23-17-6-8-19(9-7-17)31(29,30)24-18-10-12-25(13-11-18)20-14-21(27)26(22(20)28)15-16-4-2-1-3-5-16/h1-9,18,20,24H,10-15H2/t20-/m1/s1. The van der Waals surface area contributed by atoms with Gasteiger partial charge in [0.25, 0.3) is 0 Å². The molecule has 0 unspecified atom stereocenters. The van der Waals surface area contributed by atoms with Crippen LogP contribution in [0.5, 0.6) is 0 Å². The van der Waals surface area contributed by atoms with Gasteiger partial charge in [0.15, 0.2) is 0 Å². The van der Waals surface area contributed by atoms with Crippen molar-refractivity contribution >= 4 is 21.8 Å². The molecule has 0 aromatic heterocycles. The number of amides is 2. The normalized spacial score (nSPS) is 21.1. The van der Waals surface area contributed by atoms with E-state index in [4.69, 9.17) is 0 Å². The number of sulfonamides is 1. The molecule has 2 saturated heterocycles. The first-order chi connectivity index (χ1) is 14.8. The Morgan fingerprint density at radius 1 is 0.968 bits per heavy atom. The monoisotopic (exact) mass is 445 g/mol. The van der Waals surface area contributed by atoms with Crippen molar-refractivity contribution in [1.82, 2.24) is 14.5 Å². The number of hydrogen-bond acceptors (Lipinski definition) is 5. The molecule has 1 atom stereocenters. The van der Waals surface area contributed by atoms with E-state index in [9.17, 15) is 22.4 Å². The van der Waals surface area contributed by atoms with E-state index >= 15 is 0 Å². The maximum atomic E-state index is 13.1. The molecule has 1 N–H and O–H groups in total. The van der Waals surface area contributed by atoms with Crippen molar-refractivity contribution in [3.8, 4) is 0 Å². The smallest absolute Gasteiger partial charge is 0.247 e. The number of halogens is 1. The van der Waals surface area contributed by atoms with E-state index in [2.05, 4.69) is 4.72 Å². The third-order valence-corrected chi connectivity index (χ3v) is 7.36. The van der Waals surface area contributed by atoms with Gasteiger partial charge in [-0.05, 0) is 42.7 Å². The van der Waals surface area contributed by atoms with Crippen LogP contribution in [-0.4, -0.2) is 55.2 Å². The van der Waals surface area contributed by atoms with Gasteiger partial charge in [-0.3, -0.25) is 19.4 Å². The van der Waals surface area contributed by atoms with Gasteiger partial charge in [0, 0.05) is 19.1 Å². The number of nitrogens with zero attached hydrogens (tertiary/aromatic N) is 2. The van der Waals surface area contributed by atoms with Gasteiger partial charge < -0.3 is 0 Å². The molecule has 2 heterocycles. The summed E-state index contributed by atoms with van der Waals surface area (Å²) < 4.78 is 40.7. The fraction of sp³-hybridized carbons (Fsp3) is 0.364. The van der Waals surface area contributed by atoms with Gasteiger partial charge in [0.05, 0.1) is 23.9 Å². The minimum atomic E-state index is -3.74. The van der Waals surface area contributed by atoms with Crippen LogP contribution < -0.4 is 4.72 Å². The summed E-state index contributed by atoms with van der Waals surface area (Å²) in [5, 5.41) is 0. The minimum Gasteiger partial charge on any atom is -0.291 e. The Bertz CT molecular complexity index is 1050. The minimum absolute atomic E-state index is 0.0180. The van der Waals surface area contributed by atoms with Crippen molar-refractivity contribution in [2.75, 3.05) is 13.1 Å². The quantitative estimate of drug-likeness (QED) is 0.687. The molecule has 0 aliphatic carbocycles. The Hall–Kier alpha value is -2.62. The van der Waals surface area contributed by atoms with E-state index in [0.29, 0.717) is 25.9 Å². The average molecular weight is 446 g/mol. The van der Waals surface area contributed by atoms with Crippen molar-refractivity contribution in [2.24, 2.45) is 0 Å². The summed E-state index contributed by atoms with van der Waals surface area (Å²) in [5.74, 6) is -0.874. The molecule has 2 aromatic rings. The van der Waals surface area contributed by atoms with Crippen LogP contribution in [0.2, 0.25) is 0 Å². The van der Waals surface area contributed by atoms with Crippen molar-refractivity contribution in [2.45, 2.75) is 42.8 Å².